The fraction of sp³-hybridized carbons (Fsp3) is 0.556. The molecule has 0 saturated heterocycles. The number of rotatable bonds is 6. The molecule has 9 heteroatoms. The SMILES string of the molecule is CCCn1ncc(NCCS(N)(=O)=O)c(Cl)c1=O. The lowest BCUT2D eigenvalue weighted by Crippen LogP contribution is -2.26. The zero-order valence-corrected chi connectivity index (χ0v) is 11.5. The molecular formula is C9H15ClN4O3S. The summed E-state index contributed by atoms with van der Waals surface area (Å²) in [6.45, 7) is 2.47. The predicted octanol–water partition coefficient (Wildman–Crippen LogP) is 0.00710. The molecule has 0 spiro atoms. The molecule has 0 aliphatic rings. The van der Waals surface area contributed by atoms with Gasteiger partial charge in [0.25, 0.3) is 5.56 Å². The average Bonchev–Trinajstić information content (AvgIpc) is 2.27. The topological polar surface area (TPSA) is 107 Å². The number of sulfonamides is 1. The van der Waals surface area contributed by atoms with Gasteiger partial charge >= 0.3 is 0 Å². The minimum atomic E-state index is -3.54. The van der Waals surface area contributed by atoms with E-state index in [9.17, 15) is 13.2 Å². The van der Waals surface area contributed by atoms with Crippen molar-refractivity contribution in [2.75, 3.05) is 17.6 Å². The number of nitrogens with two attached hydrogens (primary N) is 1. The van der Waals surface area contributed by atoms with Gasteiger partial charge in [0.15, 0.2) is 0 Å². The van der Waals surface area contributed by atoms with Crippen molar-refractivity contribution in [2.45, 2.75) is 19.9 Å². The molecular weight excluding hydrogens is 280 g/mol. The standard InChI is InChI=1S/C9H15ClN4O3S/c1-2-4-14-9(15)8(10)7(6-13-14)12-3-5-18(11,16)17/h6,12H,2-5H2,1H3,(H2,11,16,17). The smallest absolute Gasteiger partial charge is 0.287 e. The van der Waals surface area contributed by atoms with E-state index in [1.54, 1.807) is 0 Å². The summed E-state index contributed by atoms with van der Waals surface area (Å²) in [5, 5.41) is 11.5. The van der Waals surface area contributed by atoms with E-state index in [4.69, 9.17) is 16.7 Å². The van der Waals surface area contributed by atoms with Gasteiger partial charge in [0.05, 0.1) is 17.6 Å². The summed E-state index contributed by atoms with van der Waals surface area (Å²) in [7, 11) is -3.54. The van der Waals surface area contributed by atoms with Gasteiger partial charge in [-0.25, -0.2) is 18.2 Å². The molecule has 3 N–H and O–H groups in total. The van der Waals surface area contributed by atoms with Crippen LogP contribution >= 0.6 is 11.6 Å². The highest BCUT2D eigenvalue weighted by molar-refractivity contribution is 7.89. The summed E-state index contributed by atoms with van der Waals surface area (Å²) in [5.74, 6) is -0.249. The number of primary sulfonamides is 1. The van der Waals surface area contributed by atoms with Crippen LogP contribution in [-0.4, -0.2) is 30.5 Å². The first-order chi connectivity index (χ1) is 8.35. The fourth-order valence-electron chi connectivity index (χ4n) is 1.29. The van der Waals surface area contributed by atoms with Gasteiger partial charge in [-0.2, -0.15) is 5.10 Å². The molecule has 0 radical (unpaired) electrons. The van der Waals surface area contributed by atoms with Gasteiger partial charge in [-0.15, -0.1) is 0 Å². The van der Waals surface area contributed by atoms with E-state index in [0.717, 1.165) is 6.42 Å². The number of aryl methyl sites for hydroxylation is 1. The van der Waals surface area contributed by atoms with Crippen molar-refractivity contribution in [3.63, 3.8) is 0 Å². The van der Waals surface area contributed by atoms with Crippen LogP contribution in [0.1, 0.15) is 13.3 Å². The Kier molecular flexibility index (Phi) is 5.12. The van der Waals surface area contributed by atoms with Crippen LogP contribution in [0.5, 0.6) is 0 Å². The normalized spacial score (nSPS) is 11.5. The number of hydrogen-bond acceptors (Lipinski definition) is 5. The van der Waals surface area contributed by atoms with Crippen molar-refractivity contribution < 1.29 is 8.42 Å². The summed E-state index contributed by atoms with van der Waals surface area (Å²) in [4.78, 5) is 11.7. The summed E-state index contributed by atoms with van der Waals surface area (Å²) in [6, 6.07) is 0. The molecule has 18 heavy (non-hydrogen) atoms. The summed E-state index contributed by atoms with van der Waals surface area (Å²) in [5.41, 5.74) is -0.100. The van der Waals surface area contributed by atoms with E-state index in [1.807, 2.05) is 6.92 Å². The van der Waals surface area contributed by atoms with Gasteiger partial charge in [-0.05, 0) is 6.42 Å². The molecule has 0 fully saturated rings. The third kappa shape index (κ3) is 4.28. The lowest BCUT2D eigenvalue weighted by molar-refractivity contribution is 0.568. The molecule has 0 aromatic carbocycles. The second-order valence-corrected chi connectivity index (χ2v) is 5.81. The van der Waals surface area contributed by atoms with E-state index in [0.29, 0.717) is 12.2 Å². The molecule has 0 saturated carbocycles. The molecule has 0 aliphatic carbocycles. The molecule has 1 rings (SSSR count). The molecule has 0 bridgehead atoms. The highest BCUT2D eigenvalue weighted by Crippen LogP contribution is 2.14. The first-order valence-corrected chi connectivity index (χ1v) is 7.44. The summed E-state index contributed by atoms with van der Waals surface area (Å²) >= 11 is 5.87. The molecule has 102 valence electrons. The minimum Gasteiger partial charge on any atom is -0.381 e. The Balaban J connectivity index is 2.80. The lowest BCUT2D eigenvalue weighted by Gasteiger charge is -2.09. The summed E-state index contributed by atoms with van der Waals surface area (Å²) in [6.07, 6.45) is 2.16. The van der Waals surface area contributed by atoms with E-state index in [1.165, 1.54) is 10.9 Å². The summed E-state index contributed by atoms with van der Waals surface area (Å²) < 4.78 is 22.7. The molecule has 7 nitrogen and oxygen atoms in total. The van der Waals surface area contributed by atoms with Gasteiger partial charge in [-0.3, -0.25) is 4.79 Å². The van der Waals surface area contributed by atoms with Gasteiger partial charge in [0.1, 0.15) is 5.02 Å². The average molecular weight is 295 g/mol. The largest absolute Gasteiger partial charge is 0.381 e. The second-order valence-electron chi connectivity index (χ2n) is 3.69. The minimum absolute atomic E-state index is 0.00660. The molecule has 1 aromatic rings. The maximum Gasteiger partial charge on any atom is 0.287 e. The second kappa shape index (κ2) is 6.17. The van der Waals surface area contributed by atoms with Gasteiger partial charge < -0.3 is 5.32 Å². The Morgan fingerprint density at radius 3 is 2.78 bits per heavy atom. The number of halogens is 1. The zero-order chi connectivity index (χ0) is 13.8. The number of hydrogen-bond donors (Lipinski definition) is 2. The molecule has 0 amide bonds. The molecule has 0 unspecified atom stereocenters. The lowest BCUT2D eigenvalue weighted by atomic mass is 10.4. The van der Waals surface area contributed by atoms with Crippen LogP contribution in [0.25, 0.3) is 0 Å². The maximum absolute atomic E-state index is 11.7. The quantitative estimate of drug-likeness (QED) is 0.768. The maximum atomic E-state index is 11.7. The van der Waals surface area contributed by atoms with Crippen molar-refractivity contribution in [3.05, 3.63) is 21.6 Å². The Labute approximate surface area is 110 Å². The third-order valence-corrected chi connectivity index (χ3v) is 3.26. The van der Waals surface area contributed by atoms with Gasteiger partial charge in [-0.1, -0.05) is 18.5 Å². The Hall–Kier alpha value is -1.12. The Bertz CT molecular complexity index is 570. The van der Waals surface area contributed by atoms with E-state index >= 15 is 0 Å². The fourth-order valence-corrected chi connectivity index (χ4v) is 1.89. The molecule has 0 aliphatic heterocycles. The van der Waals surface area contributed by atoms with E-state index < -0.39 is 15.6 Å². The third-order valence-electron chi connectivity index (χ3n) is 2.12. The predicted molar refractivity (Wildman–Crippen MR) is 70.3 cm³/mol. The number of anilines is 1. The van der Waals surface area contributed by atoms with E-state index in [2.05, 4.69) is 10.4 Å². The zero-order valence-electron chi connectivity index (χ0n) is 9.89. The van der Waals surface area contributed by atoms with Crippen LogP contribution < -0.4 is 16.0 Å². The van der Waals surface area contributed by atoms with Crippen LogP contribution in [0.15, 0.2) is 11.0 Å². The van der Waals surface area contributed by atoms with Crippen LogP contribution in [0.2, 0.25) is 5.02 Å². The van der Waals surface area contributed by atoms with E-state index in [-0.39, 0.29) is 17.3 Å². The van der Waals surface area contributed by atoms with Gasteiger partial charge in [0, 0.05) is 13.1 Å². The van der Waals surface area contributed by atoms with Gasteiger partial charge in [0.2, 0.25) is 10.0 Å². The number of nitrogens with one attached hydrogen (secondary N) is 1. The molecule has 1 heterocycles. The first-order valence-electron chi connectivity index (χ1n) is 5.35. The Morgan fingerprint density at radius 2 is 2.22 bits per heavy atom. The molecule has 0 atom stereocenters. The van der Waals surface area contributed by atoms with Crippen molar-refractivity contribution in [1.29, 1.82) is 0 Å². The van der Waals surface area contributed by atoms with Crippen molar-refractivity contribution in [2.24, 2.45) is 5.14 Å². The van der Waals surface area contributed by atoms with Crippen LogP contribution in [0, 0.1) is 0 Å². The van der Waals surface area contributed by atoms with Crippen molar-refractivity contribution >= 4 is 27.3 Å². The highest BCUT2D eigenvalue weighted by atomic mass is 35.5. The Morgan fingerprint density at radius 1 is 1.56 bits per heavy atom. The molecule has 1 aromatic heterocycles. The van der Waals surface area contributed by atoms with Crippen LogP contribution in [0.3, 0.4) is 0 Å². The first kappa shape index (κ1) is 14.9. The number of nitrogens with zero attached hydrogens (tertiary/aromatic N) is 2. The van der Waals surface area contributed by atoms with Crippen LogP contribution in [0.4, 0.5) is 5.69 Å². The van der Waals surface area contributed by atoms with Crippen molar-refractivity contribution in [1.82, 2.24) is 9.78 Å². The highest BCUT2D eigenvalue weighted by Gasteiger charge is 2.09. The van der Waals surface area contributed by atoms with Crippen LogP contribution in [-0.2, 0) is 16.6 Å². The van der Waals surface area contributed by atoms with Crippen molar-refractivity contribution in [3.8, 4) is 0 Å². The monoisotopic (exact) mass is 294 g/mol. The number of aromatic nitrogens is 2.